The number of nitrogens with two attached hydrogens (primary N) is 1. The standard InChI is InChI=1S/C15H23N3O.2ClH/c1-2-7-12(16)15(19)17-13-8-3-4-9-14(13)18-10-5-6-11-18;;/h3-4,8-9,12H,2,5-7,10-11,16H2,1H3,(H,17,19);2*1H. The highest BCUT2D eigenvalue weighted by atomic mass is 35.5. The molecule has 6 heteroatoms. The van der Waals surface area contributed by atoms with E-state index in [0.29, 0.717) is 0 Å². The zero-order chi connectivity index (χ0) is 13.7. The number of hydrogen-bond donors (Lipinski definition) is 2. The summed E-state index contributed by atoms with van der Waals surface area (Å²) in [5.74, 6) is -0.0894. The molecule has 0 saturated carbocycles. The predicted molar refractivity (Wildman–Crippen MR) is 93.9 cm³/mol. The Morgan fingerprint density at radius 3 is 2.52 bits per heavy atom. The number of nitrogens with one attached hydrogen (secondary N) is 1. The van der Waals surface area contributed by atoms with Crippen molar-refractivity contribution < 1.29 is 4.79 Å². The van der Waals surface area contributed by atoms with Crippen molar-refractivity contribution in [2.45, 2.75) is 38.6 Å². The molecule has 1 aromatic carbocycles. The van der Waals surface area contributed by atoms with E-state index in [1.54, 1.807) is 0 Å². The van der Waals surface area contributed by atoms with E-state index in [0.717, 1.165) is 37.3 Å². The van der Waals surface area contributed by atoms with Crippen molar-refractivity contribution >= 4 is 42.1 Å². The molecule has 1 atom stereocenters. The molecule has 1 aliphatic rings. The highest BCUT2D eigenvalue weighted by molar-refractivity contribution is 5.97. The van der Waals surface area contributed by atoms with Gasteiger partial charge in [0, 0.05) is 13.1 Å². The first-order chi connectivity index (χ1) is 9.22. The SMILES string of the molecule is CCCC(N)C(=O)Nc1ccccc1N1CCCC1.Cl.Cl. The average Bonchev–Trinajstić information content (AvgIpc) is 2.93. The van der Waals surface area contributed by atoms with Crippen LogP contribution in [0.5, 0.6) is 0 Å². The Hall–Kier alpha value is -0.970. The third-order valence-corrected chi connectivity index (χ3v) is 3.55. The Kier molecular flexibility index (Phi) is 9.42. The highest BCUT2D eigenvalue weighted by Gasteiger charge is 2.18. The first kappa shape index (κ1) is 20.0. The largest absolute Gasteiger partial charge is 0.370 e. The summed E-state index contributed by atoms with van der Waals surface area (Å²) in [6.07, 6.45) is 4.08. The van der Waals surface area contributed by atoms with Gasteiger partial charge >= 0.3 is 0 Å². The fraction of sp³-hybridized carbons (Fsp3) is 0.533. The Morgan fingerprint density at radius 2 is 1.90 bits per heavy atom. The van der Waals surface area contributed by atoms with Gasteiger partial charge in [0.1, 0.15) is 0 Å². The molecule has 0 aromatic heterocycles. The van der Waals surface area contributed by atoms with E-state index in [9.17, 15) is 4.79 Å². The second kappa shape index (κ2) is 9.87. The number of amides is 1. The summed E-state index contributed by atoms with van der Waals surface area (Å²) >= 11 is 0. The van der Waals surface area contributed by atoms with Gasteiger partial charge in [-0.05, 0) is 31.4 Å². The van der Waals surface area contributed by atoms with Gasteiger partial charge in [0.05, 0.1) is 17.4 Å². The highest BCUT2D eigenvalue weighted by Crippen LogP contribution is 2.28. The number of hydrogen-bond acceptors (Lipinski definition) is 3. The van der Waals surface area contributed by atoms with Crippen LogP contribution in [-0.2, 0) is 4.79 Å². The second-order valence-corrected chi connectivity index (χ2v) is 5.10. The molecule has 0 spiro atoms. The Balaban J connectivity index is 0.00000200. The molecular weight excluding hydrogens is 309 g/mol. The minimum Gasteiger partial charge on any atom is -0.370 e. The van der Waals surface area contributed by atoms with Crippen LogP contribution in [0, 0.1) is 0 Å². The second-order valence-electron chi connectivity index (χ2n) is 5.10. The van der Waals surface area contributed by atoms with Gasteiger partial charge in [0.25, 0.3) is 0 Å². The molecular formula is C15H25Cl2N3O. The number of nitrogens with zero attached hydrogens (tertiary/aromatic N) is 1. The van der Waals surface area contributed by atoms with Crippen molar-refractivity contribution in [3.8, 4) is 0 Å². The molecule has 1 amide bonds. The van der Waals surface area contributed by atoms with E-state index in [1.807, 2.05) is 25.1 Å². The lowest BCUT2D eigenvalue weighted by Crippen LogP contribution is -2.35. The van der Waals surface area contributed by atoms with Crippen LogP contribution in [0.25, 0.3) is 0 Å². The predicted octanol–water partition coefficient (Wildman–Crippen LogP) is 3.20. The average molecular weight is 334 g/mol. The molecule has 1 aliphatic heterocycles. The summed E-state index contributed by atoms with van der Waals surface area (Å²) in [6.45, 7) is 4.16. The molecule has 0 bridgehead atoms. The Bertz CT molecular complexity index is 437. The fourth-order valence-electron chi connectivity index (χ4n) is 2.48. The van der Waals surface area contributed by atoms with E-state index in [2.05, 4.69) is 16.3 Å². The molecule has 1 unspecified atom stereocenters. The van der Waals surface area contributed by atoms with Crippen LogP contribution in [0.1, 0.15) is 32.6 Å². The molecule has 2 rings (SSSR count). The van der Waals surface area contributed by atoms with Gasteiger partial charge in [0.15, 0.2) is 0 Å². The van der Waals surface area contributed by atoms with Gasteiger partial charge in [0.2, 0.25) is 5.91 Å². The molecule has 120 valence electrons. The van der Waals surface area contributed by atoms with Crippen LogP contribution >= 0.6 is 24.8 Å². The van der Waals surface area contributed by atoms with Gasteiger partial charge < -0.3 is 16.0 Å². The van der Waals surface area contributed by atoms with Crippen LogP contribution in [0.3, 0.4) is 0 Å². The quantitative estimate of drug-likeness (QED) is 0.869. The van der Waals surface area contributed by atoms with Crippen molar-refractivity contribution in [1.82, 2.24) is 0 Å². The number of para-hydroxylation sites is 2. The molecule has 1 heterocycles. The lowest BCUT2D eigenvalue weighted by molar-refractivity contribution is -0.117. The van der Waals surface area contributed by atoms with Crippen LogP contribution in [0.15, 0.2) is 24.3 Å². The fourth-order valence-corrected chi connectivity index (χ4v) is 2.48. The van der Waals surface area contributed by atoms with Gasteiger partial charge in [-0.1, -0.05) is 25.5 Å². The van der Waals surface area contributed by atoms with Gasteiger partial charge in [-0.3, -0.25) is 4.79 Å². The van der Waals surface area contributed by atoms with Crippen LogP contribution in [-0.4, -0.2) is 25.0 Å². The summed E-state index contributed by atoms with van der Waals surface area (Å²) < 4.78 is 0. The van der Waals surface area contributed by atoms with E-state index in [4.69, 9.17) is 5.73 Å². The number of benzene rings is 1. The van der Waals surface area contributed by atoms with E-state index in [-0.39, 0.29) is 30.7 Å². The summed E-state index contributed by atoms with van der Waals surface area (Å²) in [6, 6.07) is 7.54. The summed E-state index contributed by atoms with van der Waals surface area (Å²) in [5, 5.41) is 2.97. The topological polar surface area (TPSA) is 58.4 Å². The van der Waals surface area contributed by atoms with Crippen molar-refractivity contribution in [1.29, 1.82) is 0 Å². The normalized spacial score (nSPS) is 14.9. The molecule has 4 nitrogen and oxygen atoms in total. The number of anilines is 2. The Morgan fingerprint density at radius 1 is 1.29 bits per heavy atom. The van der Waals surface area contributed by atoms with E-state index < -0.39 is 6.04 Å². The van der Waals surface area contributed by atoms with Gasteiger partial charge in [-0.25, -0.2) is 0 Å². The maximum absolute atomic E-state index is 12.0. The summed E-state index contributed by atoms with van der Waals surface area (Å²) in [7, 11) is 0. The van der Waals surface area contributed by atoms with Crippen molar-refractivity contribution in [3.63, 3.8) is 0 Å². The van der Waals surface area contributed by atoms with Crippen molar-refractivity contribution in [3.05, 3.63) is 24.3 Å². The summed E-state index contributed by atoms with van der Waals surface area (Å²) in [4.78, 5) is 14.3. The van der Waals surface area contributed by atoms with Crippen LogP contribution < -0.4 is 16.0 Å². The third-order valence-electron chi connectivity index (χ3n) is 3.55. The minimum absolute atomic E-state index is 0. The number of rotatable bonds is 5. The molecule has 1 aromatic rings. The maximum atomic E-state index is 12.0. The van der Waals surface area contributed by atoms with Crippen LogP contribution in [0.4, 0.5) is 11.4 Å². The molecule has 0 aliphatic carbocycles. The summed E-state index contributed by atoms with van der Waals surface area (Å²) in [5.41, 5.74) is 7.84. The van der Waals surface area contributed by atoms with Gasteiger partial charge in [-0.2, -0.15) is 0 Å². The molecule has 1 fully saturated rings. The maximum Gasteiger partial charge on any atom is 0.241 e. The zero-order valence-electron chi connectivity index (χ0n) is 12.4. The van der Waals surface area contributed by atoms with Crippen LogP contribution in [0.2, 0.25) is 0 Å². The molecule has 0 radical (unpaired) electrons. The van der Waals surface area contributed by atoms with E-state index in [1.165, 1.54) is 12.8 Å². The molecule has 1 saturated heterocycles. The minimum atomic E-state index is -0.420. The third kappa shape index (κ3) is 5.38. The number of halogens is 2. The first-order valence-corrected chi connectivity index (χ1v) is 7.12. The lowest BCUT2D eigenvalue weighted by Gasteiger charge is -2.22. The van der Waals surface area contributed by atoms with Crippen molar-refractivity contribution in [2.75, 3.05) is 23.3 Å². The van der Waals surface area contributed by atoms with Gasteiger partial charge in [-0.15, -0.1) is 24.8 Å². The molecule has 21 heavy (non-hydrogen) atoms. The zero-order valence-corrected chi connectivity index (χ0v) is 14.0. The van der Waals surface area contributed by atoms with E-state index >= 15 is 0 Å². The first-order valence-electron chi connectivity index (χ1n) is 7.12. The smallest absolute Gasteiger partial charge is 0.241 e. The molecule has 3 N–H and O–H groups in total. The number of carbonyl (C=O) groups excluding carboxylic acids is 1. The van der Waals surface area contributed by atoms with Crippen molar-refractivity contribution in [2.24, 2.45) is 5.73 Å². The monoisotopic (exact) mass is 333 g/mol. The lowest BCUT2D eigenvalue weighted by atomic mass is 10.1. The number of carbonyl (C=O) groups is 1. The Labute approximate surface area is 139 Å².